The highest BCUT2D eigenvalue weighted by molar-refractivity contribution is 6.30. The third-order valence-corrected chi connectivity index (χ3v) is 3.18. The number of nitrogens with one attached hydrogen (secondary N) is 1. The molecule has 0 saturated carbocycles. The Balaban J connectivity index is 2.29. The Kier molecular flexibility index (Phi) is 5.10. The minimum absolute atomic E-state index is 0.0704. The Morgan fingerprint density at radius 3 is 2.76 bits per heavy atom. The topological polar surface area (TPSA) is 89.1 Å². The van der Waals surface area contributed by atoms with Crippen LogP contribution in [0.15, 0.2) is 29.4 Å². The molecule has 2 rings (SSSR count). The predicted octanol–water partition coefficient (Wildman–Crippen LogP) is 2.35. The van der Waals surface area contributed by atoms with Crippen molar-refractivity contribution in [3.8, 4) is 0 Å². The number of aromatic amines is 1. The lowest BCUT2D eigenvalue weighted by molar-refractivity contribution is -0.491. The van der Waals surface area contributed by atoms with Crippen molar-refractivity contribution in [3.05, 3.63) is 56.4 Å². The number of H-pyrrole nitrogens is 1. The molecule has 2 aromatic rings. The standard InChI is InChI=1S/C13H16ClN5O2/c1-2-3-4-12-15-13(17-19(20)21)18(16-12)9-10-5-7-11(14)8-6-10/h5-8H,2-4,9H2,1H3,(H,15,16,17). The van der Waals surface area contributed by atoms with Crippen LogP contribution < -0.4 is 5.62 Å². The van der Waals surface area contributed by atoms with Crippen molar-refractivity contribution in [2.75, 3.05) is 0 Å². The molecule has 0 saturated heterocycles. The third-order valence-electron chi connectivity index (χ3n) is 2.93. The average molecular weight is 310 g/mol. The van der Waals surface area contributed by atoms with Gasteiger partial charge in [0.25, 0.3) is 0 Å². The Morgan fingerprint density at radius 1 is 1.43 bits per heavy atom. The summed E-state index contributed by atoms with van der Waals surface area (Å²) in [7, 11) is 0. The number of hydrogen-bond donors (Lipinski definition) is 1. The molecule has 1 heterocycles. The fraction of sp³-hybridized carbons (Fsp3) is 0.385. The molecule has 0 amide bonds. The zero-order valence-electron chi connectivity index (χ0n) is 11.6. The van der Waals surface area contributed by atoms with Crippen molar-refractivity contribution in [2.24, 2.45) is 5.10 Å². The molecular formula is C13H16ClN5O2. The summed E-state index contributed by atoms with van der Waals surface area (Å²) in [6.07, 6.45) is 2.73. The van der Waals surface area contributed by atoms with Crippen molar-refractivity contribution in [1.29, 1.82) is 0 Å². The number of halogens is 1. The first-order chi connectivity index (χ1) is 10.1. The maximum atomic E-state index is 10.6. The molecule has 8 heteroatoms. The van der Waals surface area contributed by atoms with Gasteiger partial charge < -0.3 is 0 Å². The number of unbranched alkanes of at least 4 members (excludes halogenated alkanes) is 1. The van der Waals surface area contributed by atoms with Crippen LogP contribution in [0.4, 0.5) is 0 Å². The average Bonchev–Trinajstić information content (AvgIpc) is 2.80. The first-order valence-electron chi connectivity index (χ1n) is 6.67. The smallest absolute Gasteiger partial charge is 0.282 e. The van der Waals surface area contributed by atoms with E-state index < -0.39 is 5.03 Å². The van der Waals surface area contributed by atoms with Crippen molar-refractivity contribution in [3.63, 3.8) is 0 Å². The fourth-order valence-corrected chi connectivity index (χ4v) is 2.03. The lowest BCUT2D eigenvalue weighted by atomic mass is 10.2. The van der Waals surface area contributed by atoms with Crippen molar-refractivity contribution >= 4 is 11.6 Å². The molecule has 0 spiro atoms. The van der Waals surface area contributed by atoms with Gasteiger partial charge in [0.05, 0.1) is 6.54 Å². The number of nitrogens with zero attached hydrogens (tertiary/aromatic N) is 4. The van der Waals surface area contributed by atoms with Gasteiger partial charge in [0, 0.05) is 11.4 Å². The molecule has 0 aliphatic carbocycles. The quantitative estimate of drug-likeness (QED) is 0.656. The van der Waals surface area contributed by atoms with Crippen LogP contribution in [0, 0.1) is 10.1 Å². The van der Waals surface area contributed by atoms with Crippen LogP contribution in [0.5, 0.6) is 0 Å². The van der Waals surface area contributed by atoms with Gasteiger partial charge in [-0.15, -0.1) is 0 Å². The van der Waals surface area contributed by atoms with E-state index in [4.69, 9.17) is 11.6 Å². The van der Waals surface area contributed by atoms with Crippen LogP contribution in [0.2, 0.25) is 5.02 Å². The number of aromatic nitrogens is 3. The van der Waals surface area contributed by atoms with E-state index in [-0.39, 0.29) is 5.62 Å². The van der Waals surface area contributed by atoms with Crippen LogP contribution >= 0.6 is 11.6 Å². The largest absolute Gasteiger partial charge is 0.318 e. The van der Waals surface area contributed by atoms with Crippen LogP contribution in [0.1, 0.15) is 31.2 Å². The van der Waals surface area contributed by atoms with Gasteiger partial charge in [-0.25, -0.2) is 14.8 Å². The Hall–Kier alpha value is -2.15. The monoisotopic (exact) mass is 309 g/mol. The SMILES string of the molecule is CCCCc1n/c(=N\[N+](=O)[O-])n(Cc2ccc(Cl)cc2)[nH]1. The van der Waals surface area contributed by atoms with Gasteiger partial charge in [-0.05, 0) is 24.1 Å². The Bertz CT molecular complexity index is 675. The van der Waals surface area contributed by atoms with E-state index in [0.29, 0.717) is 17.4 Å². The molecule has 0 bridgehead atoms. The predicted molar refractivity (Wildman–Crippen MR) is 78.3 cm³/mol. The van der Waals surface area contributed by atoms with E-state index in [0.717, 1.165) is 24.8 Å². The van der Waals surface area contributed by atoms with Crippen LogP contribution in [-0.4, -0.2) is 19.8 Å². The second-order valence-electron chi connectivity index (χ2n) is 4.62. The van der Waals surface area contributed by atoms with Crippen LogP contribution in [-0.2, 0) is 13.0 Å². The summed E-state index contributed by atoms with van der Waals surface area (Å²) < 4.78 is 1.57. The number of hydrogen-bond acceptors (Lipinski definition) is 3. The number of benzene rings is 1. The minimum Gasteiger partial charge on any atom is -0.282 e. The maximum Gasteiger partial charge on any atom is 0.318 e. The van der Waals surface area contributed by atoms with E-state index in [9.17, 15) is 10.1 Å². The van der Waals surface area contributed by atoms with Gasteiger partial charge in [0.15, 0.2) is 5.03 Å². The van der Waals surface area contributed by atoms with E-state index in [1.54, 1.807) is 16.8 Å². The maximum absolute atomic E-state index is 10.6. The molecule has 0 atom stereocenters. The summed E-state index contributed by atoms with van der Waals surface area (Å²) in [4.78, 5) is 14.8. The molecule has 0 unspecified atom stereocenters. The number of nitro groups is 1. The zero-order chi connectivity index (χ0) is 15.2. The second-order valence-corrected chi connectivity index (χ2v) is 5.06. The highest BCUT2D eigenvalue weighted by atomic mass is 35.5. The van der Waals surface area contributed by atoms with Gasteiger partial charge in [-0.3, -0.25) is 5.10 Å². The Labute approximate surface area is 126 Å². The number of rotatable bonds is 6. The fourth-order valence-electron chi connectivity index (χ4n) is 1.90. The normalized spacial score (nSPS) is 11.8. The van der Waals surface area contributed by atoms with Gasteiger partial charge in [0.2, 0.25) is 0 Å². The van der Waals surface area contributed by atoms with Crippen LogP contribution in [0.3, 0.4) is 0 Å². The summed E-state index contributed by atoms with van der Waals surface area (Å²) in [6.45, 7) is 2.50. The molecule has 112 valence electrons. The molecule has 1 aromatic heterocycles. The molecule has 7 nitrogen and oxygen atoms in total. The van der Waals surface area contributed by atoms with Crippen molar-refractivity contribution in [1.82, 2.24) is 14.8 Å². The Morgan fingerprint density at radius 2 is 2.14 bits per heavy atom. The highest BCUT2D eigenvalue weighted by Crippen LogP contribution is 2.10. The van der Waals surface area contributed by atoms with Gasteiger partial charge in [-0.2, -0.15) is 4.98 Å². The minimum atomic E-state index is -0.738. The zero-order valence-corrected chi connectivity index (χ0v) is 12.4. The molecule has 1 aromatic carbocycles. The number of aryl methyl sites for hydroxylation is 1. The summed E-state index contributed by atoms with van der Waals surface area (Å²) in [5, 5.41) is 16.9. The third kappa shape index (κ3) is 4.42. The van der Waals surface area contributed by atoms with E-state index in [1.165, 1.54) is 0 Å². The molecule has 0 aliphatic heterocycles. The van der Waals surface area contributed by atoms with E-state index >= 15 is 0 Å². The molecule has 21 heavy (non-hydrogen) atoms. The van der Waals surface area contributed by atoms with E-state index in [2.05, 4.69) is 22.1 Å². The molecular weight excluding hydrogens is 294 g/mol. The van der Waals surface area contributed by atoms with Gasteiger partial charge in [0.1, 0.15) is 10.9 Å². The molecule has 0 radical (unpaired) electrons. The first-order valence-corrected chi connectivity index (χ1v) is 7.05. The van der Waals surface area contributed by atoms with Crippen molar-refractivity contribution in [2.45, 2.75) is 32.7 Å². The van der Waals surface area contributed by atoms with Crippen LogP contribution in [0.25, 0.3) is 0 Å². The lowest BCUT2D eigenvalue weighted by Crippen LogP contribution is -2.22. The summed E-state index contributed by atoms with van der Waals surface area (Å²) in [5.41, 5.74) is 1.02. The van der Waals surface area contributed by atoms with E-state index in [1.807, 2.05) is 12.1 Å². The second kappa shape index (κ2) is 7.03. The molecule has 0 aliphatic rings. The summed E-state index contributed by atoms with van der Waals surface area (Å²) in [6, 6.07) is 7.27. The molecule has 0 fully saturated rings. The summed E-state index contributed by atoms with van der Waals surface area (Å²) >= 11 is 5.84. The van der Waals surface area contributed by atoms with Gasteiger partial charge in [-0.1, -0.05) is 37.1 Å². The first kappa shape index (κ1) is 15.2. The van der Waals surface area contributed by atoms with Crippen molar-refractivity contribution < 1.29 is 5.03 Å². The summed E-state index contributed by atoms with van der Waals surface area (Å²) in [5.74, 6) is 0.700. The lowest BCUT2D eigenvalue weighted by Gasteiger charge is -2.02. The highest BCUT2D eigenvalue weighted by Gasteiger charge is 2.07. The molecule has 1 N–H and O–H groups in total. The van der Waals surface area contributed by atoms with Gasteiger partial charge >= 0.3 is 5.62 Å².